The lowest BCUT2D eigenvalue weighted by Gasteiger charge is -2.62. The van der Waals surface area contributed by atoms with Crippen LogP contribution in [0.3, 0.4) is 0 Å². The summed E-state index contributed by atoms with van der Waals surface area (Å²) in [5, 5.41) is 26.3. The zero-order chi connectivity index (χ0) is 33.9. The van der Waals surface area contributed by atoms with Crippen LogP contribution in [0.2, 0.25) is 0 Å². The number of amides is 1. The Balaban J connectivity index is 1.29. The number of halogens is 1. The lowest BCUT2D eigenvalue weighted by Crippen LogP contribution is -2.69. The van der Waals surface area contributed by atoms with Gasteiger partial charge in [0, 0.05) is 40.8 Å². The number of hydrogen-bond acceptors (Lipinski definition) is 6. The number of fused-ring (bicyclic) bond motifs is 5. The summed E-state index contributed by atoms with van der Waals surface area (Å²) in [6.07, 6.45) is 6.72. The predicted molar refractivity (Wildman–Crippen MR) is 178 cm³/mol. The number of nitrogens with one attached hydrogen (secondary N) is 1. The highest BCUT2D eigenvalue weighted by atomic mass is 19.1. The van der Waals surface area contributed by atoms with Crippen molar-refractivity contribution >= 4 is 23.2 Å². The molecule has 3 fully saturated rings. The summed E-state index contributed by atoms with van der Waals surface area (Å²) in [7, 11) is 0. The van der Waals surface area contributed by atoms with Crippen molar-refractivity contribution in [3.63, 3.8) is 0 Å². The molecule has 8 heteroatoms. The van der Waals surface area contributed by atoms with Crippen LogP contribution in [0.15, 0.2) is 53.1 Å². The molecule has 0 radical (unpaired) electrons. The molecule has 0 heterocycles. The van der Waals surface area contributed by atoms with Crippen molar-refractivity contribution in [3.8, 4) is 0 Å². The number of rotatable bonds is 8. The molecule has 1 aromatic rings. The van der Waals surface area contributed by atoms with E-state index in [0.717, 1.165) is 12.0 Å². The molecule has 4 aliphatic carbocycles. The van der Waals surface area contributed by atoms with Crippen LogP contribution >= 0.6 is 0 Å². The van der Waals surface area contributed by atoms with Crippen LogP contribution in [0.25, 0.3) is 0 Å². The highest BCUT2D eigenvalue weighted by molar-refractivity contribution is 6.08. The number of Topliss-reactive ketones (excluding diaryl/α,β-unsaturated/α-hetero) is 2. The Morgan fingerprint density at radius 2 is 1.74 bits per heavy atom. The average molecular weight is 635 g/mol. The number of nitrogens with zero attached hydrogens (tertiary/aromatic N) is 1. The second kappa shape index (κ2) is 11.9. The van der Waals surface area contributed by atoms with Crippen LogP contribution in [-0.4, -0.2) is 63.9 Å². The van der Waals surface area contributed by atoms with Gasteiger partial charge in [0.1, 0.15) is 12.1 Å². The van der Waals surface area contributed by atoms with Gasteiger partial charge in [-0.3, -0.25) is 19.4 Å². The number of aliphatic hydroxyl groups excluding tert-OH is 1. The molecule has 1 aromatic carbocycles. The van der Waals surface area contributed by atoms with E-state index >= 15 is 4.39 Å². The average Bonchev–Trinajstić information content (AvgIpc) is 3.20. The maximum absolute atomic E-state index is 17.6. The van der Waals surface area contributed by atoms with Crippen molar-refractivity contribution in [1.29, 1.82) is 0 Å². The van der Waals surface area contributed by atoms with Gasteiger partial charge in [-0.2, -0.15) is 0 Å². The number of carbonyl (C=O) groups is 3. The summed E-state index contributed by atoms with van der Waals surface area (Å²) >= 11 is 0. The molecule has 0 spiro atoms. The van der Waals surface area contributed by atoms with Crippen LogP contribution in [0, 0.1) is 34.0 Å². The van der Waals surface area contributed by atoms with Gasteiger partial charge < -0.3 is 15.5 Å². The predicted octanol–water partition coefficient (Wildman–Crippen LogP) is 6.23. The van der Waals surface area contributed by atoms with Crippen molar-refractivity contribution in [1.82, 2.24) is 5.32 Å². The molecule has 46 heavy (non-hydrogen) atoms. The fourth-order valence-electron chi connectivity index (χ4n) is 9.23. The van der Waals surface area contributed by atoms with Crippen molar-refractivity contribution in [2.24, 2.45) is 39.0 Å². The molecule has 0 aliphatic heterocycles. The number of alkyl halides is 1. The Labute approximate surface area is 272 Å². The fourth-order valence-corrected chi connectivity index (χ4v) is 9.23. The van der Waals surface area contributed by atoms with Gasteiger partial charge in [0.15, 0.2) is 17.2 Å². The normalized spacial score (nSPS) is 37.6. The molecule has 4 aliphatic rings. The van der Waals surface area contributed by atoms with Crippen molar-refractivity contribution < 1.29 is 29.0 Å². The SMILES string of the molecule is CCC(=O)[C@@]1(O)[C@H](C)C[C@H]2[C@@H]3CCC4=CC(=NCC(=O)c5ccc(C(=O)NCCC(C)(C)C)cc5)C=C[C@]4(C)[C@@]3(F)[C@@H](O)C[C@@]21C. The number of ketones is 2. The van der Waals surface area contributed by atoms with Crippen LogP contribution < -0.4 is 5.32 Å². The van der Waals surface area contributed by atoms with Gasteiger partial charge in [0.05, 0.1) is 11.8 Å². The first-order valence-corrected chi connectivity index (χ1v) is 16.9. The standard InChI is InChI=1S/C38H51FN2O5/c1-8-31(43)38(46)23(2)19-29-28-14-13-26-20-27(15-16-35(26,6)37(28,39)32(44)21-36(29,38)7)41-22-30(42)24-9-11-25(12-10-24)33(45)40-18-17-34(3,4)5/h9-12,15-16,20,23,28-29,32,44,46H,8,13-14,17-19,21-22H2,1-7H3,(H,40,45)/t23-,28+,29+,32+,35+,36+,37+,38+/m1/s1. The monoisotopic (exact) mass is 634 g/mol. The van der Waals surface area contributed by atoms with Crippen LogP contribution in [-0.2, 0) is 4.79 Å². The van der Waals surface area contributed by atoms with E-state index < -0.39 is 34.1 Å². The summed E-state index contributed by atoms with van der Waals surface area (Å²) in [4.78, 5) is 43.1. The maximum atomic E-state index is 17.6. The van der Waals surface area contributed by atoms with Gasteiger partial charge >= 0.3 is 0 Å². The lowest BCUT2D eigenvalue weighted by atomic mass is 9.44. The summed E-state index contributed by atoms with van der Waals surface area (Å²) in [6.45, 7) is 14.2. The number of hydrogen-bond donors (Lipinski definition) is 3. The summed E-state index contributed by atoms with van der Waals surface area (Å²) < 4.78 is 17.6. The Hall–Kier alpha value is -2.97. The third kappa shape index (κ3) is 5.33. The van der Waals surface area contributed by atoms with E-state index in [9.17, 15) is 24.6 Å². The molecular weight excluding hydrogens is 583 g/mol. The summed E-state index contributed by atoms with van der Waals surface area (Å²) in [6, 6.07) is 6.56. The number of aliphatic hydroxyl groups is 2. The van der Waals surface area contributed by atoms with Gasteiger partial charge in [0.2, 0.25) is 0 Å². The highest BCUT2D eigenvalue weighted by Crippen LogP contribution is 2.70. The molecule has 7 nitrogen and oxygen atoms in total. The van der Waals surface area contributed by atoms with Crippen molar-refractivity contribution in [2.75, 3.05) is 13.1 Å². The van der Waals surface area contributed by atoms with E-state index in [2.05, 4.69) is 31.1 Å². The number of benzene rings is 1. The minimum atomic E-state index is -1.97. The Bertz CT molecular complexity index is 1490. The van der Waals surface area contributed by atoms with Gasteiger partial charge in [-0.1, -0.05) is 65.3 Å². The second-order valence-corrected chi connectivity index (χ2v) is 15.9. The first kappa shape index (κ1) is 34.4. The molecule has 3 N–H and O–H groups in total. The maximum Gasteiger partial charge on any atom is 0.251 e. The Kier molecular flexibility index (Phi) is 8.91. The van der Waals surface area contributed by atoms with E-state index in [1.165, 1.54) is 0 Å². The molecule has 8 atom stereocenters. The molecule has 250 valence electrons. The number of carbonyl (C=O) groups excluding carboxylic acids is 3. The third-order valence-electron chi connectivity index (χ3n) is 12.0. The summed E-state index contributed by atoms with van der Waals surface area (Å²) in [5.41, 5.74) is -3.07. The molecule has 5 rings (SSSR count). The molecular formula is C38H51FN2O5. The van der Waals surface area contributed by atoms with E-state index in [0.29, 0.717) is 42.6 Å². The topological polar surface area (TPSA) is 116 Å². The summed E-state index contributed by atoms with van der Waals surface area (Å²) in [5.74, 6) is -1.67. The highest BCUT2D eigenvalue weighted by Gasteiger charge is 2.75. The Morgan fingerprint density at radius 3 is 2.37 bits per heavy atom. The van der Waals surface area contributed by atoms with E-state index in [4.69, 9.17) is 0 Å². The van der Waals surface area contributed by atoms with Crippen LogP contribution in [0.5, 0.6) is 0 Å². The first-order chi connectivity index (χ1) is 21.4. The largest absolute Gasteiger partial charge is 0.390 e. The van der Waals surface area contributed by atoms with Gasteiger partial charge in [-0.15, -0.1) is 0 Å². The molecule has 3 saturated carbocycles. The fraction of sp³-hybridized carbons (Fsp3) is 0.632. The number of allylic oxidation sites excluding steroid dienone is 4. The quantitative estimate of drug-likeness (QED) is 0.293. The second-order valence-electron chi connectivity index (χ2n) is 15.9. The molecule has 0 saturated heterocycles. The zero-order valence-electron chi connectivity index (χ0n) is 28.5. The van der Waals surface area contributed by atoms with E-state index in [1.54, 1.807) is 43.3 Å². The first-order valence-electron chi connectivity index (χ1n) is 16.9. The minimum absolute atomic E-state index is 0.0147. The van der Waals surface area contributed by atoms with E-state index in [-0.39, 0.29) is 54.1 Å². The minimum Gasteiger partial charge on any atom is -0.390 e. The van der Waals surface area contributed by atoms with Crippen LogP contribution in [0.1, 0.15) is 108 Å². The van der Waals surface area contributed by atoms with Gasteiger partial charge in [0.25, 0.3) is 5.91 Å². The lowest BCUT2D eigenvalue weighted by molar-refractivity contribution is -0.218. The van der Waals surface area contributed by atoms with Crippen molar-refractivity contribution in [2.45, 2.75) is 104 Å². The molecule has 1 amide bonds. The Morgan fingerprint density at radius 1 is 1.09 bits per heavy atom. The van der Waals surface area contributed by atoms with Crippen LogP contribution in [0.4, 0.5) is 4.39 Å². The smallest absolute Gasteiger partial charge is 0.251 e. The molecule has 0 bridgehead atoms. The van der Waals surface area contributed by atoms with Crippen molar-refractivity contribution in [3.05, 3.63) is 59.2 Å². The molecule has 0 unspecified atom stereocenters. The number of aliphatic imine (C=N–C) groups is 1. The van der Waals surface area contributed by atoms with Gasteiger partial charge in [-0.05, 0) is 80.6 Å². The van der Waals surface area contributed by atoms with Gasteiger partial charge in [-0.25, -0.2) is 4.39 Å². The molecule has 0 aromatic heterocycles. The zero-order valence-corrected chi connectivity index (χ0v) is 28.5. The third-order valence-corrected chi connectivity index (χ3v) is 12.0. The van der Waals surface area contributed by atoms with E-state index in [1.807, 2.05) is 26.8 Å².